The Hall–Kier alpha value is -1.78. The highest BCUT2D eigenvalue weighted by molar-refractivity contribution is 7.12. The maximum Gasteiger partial charge on any atom is 0.345 e. The van der Waals surface area contributed by atoms with Gasteiger partial charge in [-0.2, -0.15) is 5.26 Å². The summed E-state index contributed by atoms with van der Waals surface area (Å²) in [7, 11) is 0. The SMILES string of the molecule is N#CC#Cc1csc(C(=O)O)c1. The minimum absolute atomic E-state index is 0.234. The molecule has 0 fully saturated rings. The van der Waals surface area contributed by atoms with Crippen LogP contribution in [0.25, 0.3) is 0 Å². The number of thiophene rings is 1. The number of rotatable bonds is 1. The van der Waals surface area contributed by atoms with E-state index in [0.717, 1.165) is 11.3 Å². The number of hydrogen-bond donors (Lipinski definition) is 1. The molecule has 1 aromatic rings. The van der Waals surface area contributed by atoms with Gasteiger partial charge in [-0.3, -0.25) is 0 Å². The zero-order valence-corrected chi connectivity index (χ0v) is 6.68. The maximum atomic E-state index is 10.4. The van der Waals surface area contributed by atoms with Crippen molar-refractivity contribution in [2.75, 3.05) is 0 Å². The number of carbonyl (C=O) groups is 1. The third-order valence-electron chi connectivity index (χ3n) is 1.07. The Bertz CT molecular complexity index is 403. The molecule has 0 aliphatic heterocycles. The molecule has 0 saturated heterocycles. The molecule has 12 heavy (non-hydrogen) atoms. The molecule has 1 aromatic heterocycles. The van der Waals surface area contributed by atoms with Crippen molar-refractivity contribution in [2.24, 2.45) is 0 Å². The Morgan fingerprint density at radius 2 is 2.42 bits per heavy atom. The standard InChI is InChI=1S/C8H3NO2S/c9-3-1-2-6-4-7(8(10)11)12-5-6/h4-5H,(H,10,11). The predicted molar refractivity (Wildman–Crippen MR) is 43.8 cm³/mol. The fraction of sp³-hybridized carbons (Fsp3) is 0. The lowest BCUT2D eigenvalue weighted by atomic mass is 10.3. The zero-order valence-electron chi connectivity index (χ0n) is 5.87. The minimum Gasteiger partial charge on any atom is -0.477 e. The van der Waals surface area contributed by atoms with Crippen LogP contribution < -0.4 is 0 Å². The minimum atomic E-state index is -0.968. The van der Waals surface area contributed by atoms with Crippen LogP contribution >= 0.6 is 11.3 Å². The first kappa shape index (κ1) is 8.32. The van der Waals surface area contributed by atoms with Crippen LogP contribution in [-0.2, 0) is 0 Å². The van der Waals surface area contributed by atoms with Crippen LogP contribution in [0, 0.1) is 23.2 Å². The second kappa shape index (κ2) is 3.56. The monoisotopic (exact) mass is 177 g/mol. The van der Waals surface area contributed by atoms with E-state index in [1.54, 1.807) is 11.4 Å². The molecule has 0 spiro atoms. The highest BCUT2D eigenvalue weighted by Gasteiger charge is 2.04. The van der Waals surface area contributed by atoms with E-state index < -0.39 is 5.97 Å². The number of hydrogen-bond acceptors (Lipinski definition) is 3. The summed E-state index contributed by atoms with van der Waals surface area (Å²) in [6, 6.07) is 3.09. The van der Waals surface area contributed by atoms with E-state index in [1.807, 2.05) is 0 Å². The Morgan fingerprint density at radius 1 is 1.67 bits per heavy atom. The number of nitrogens with zero attached hydrogens (tertiary/aromatic N) is 1. The van der Waals surface area contributed by atoms with Crippen molar-refractivity contribution in [3.05, 3.63) is 21.9 Å². The third-order valence-corrected chi connectivity index (χ3v) is 1.99. The number of aromatic carboxylic acids is 1. The molecule has 0 atom stereocenters. The summed E-state index contributed by atoms with van der Waals surface area (Å²) in [5.74, 6) is 3.72. The molecule has 1 heterocycles. The number of nitriles is 1. The number of carboxylic acid groups (broad SMARTS) is 1. The van der Waals surface area contributed by atoms with Gasteiger partial charge in [0.05, 0.1) is 0 Å². The molecule has 3 nitrogen and oxygen atoms in total. The molecular formula is C8H3NO2S. The number of carboxylic acids is 1. The van der Waals surface area contributed by atoms with Gasteiger partial charge in [0.1, 0.15) is 4.88 Å². The van der Waals surface area contributed by atoms with E-state index in [9.17, 15) is 4.79 Å². The van der Waals surface area contributed by atoms with Gasteiger partial charge in [-0.15, -0.1) is 11.3 Å². The van der Waals surface area contributed by atoms with Crippen molar-refractivity contribution in [3.8, 4) is 17.9 Å². The highest BCUT2D eigenvalue weighted by atomic mass is 32.1. The van der Waals surface area contributed by atoms with Gasteiger partial charge in [0.15, 0.2) is 6.07 Å². The Kier molecular flexibility index (Phi) is 2.47. The molecule has 4 heteroatoms. The molecule has 0 aromatic carbocycles. The zero-order chi connectivity index (χ0) is 8.97. The summed E-state index contributed by atoms with van der Waals surface area (Å²) in [5.41, 5.74) is 0.568. The fourth-order valence-electron chi connectivity index (χ4n) is 0.614. The third kappa shape index (κ3) is 1.85. The molecule has 0 bridgehead atoms. The second-order valence-electron chi connectivity index (χ2n) is 1.87. The van der Waals surface area contributed by atoms with Gasteiger partial charge in [0.25, 0.3) is 0 Å². The highest BCUT2D eigenvalue weighted by Crippen LogP contribution is 2.13. The van der Waals surface area contributed by atoms with E-state index in [2.05, 4.69) is 11.8 Å². The molecule has 1 rings (SSSR count). The first-order chi connectivity index (χ1) is 5.74. The molecule has 0 unspecified atom stereocenters. The summed E-state index contributed by atoms with van der Waals surface area (Å²) in [5, 5.41) is 18.2. The molecule has 0 radical (unpaired) electrons. The van der Waals surface area contributed by atoms with E-state index >= 15 is 0 Å². The molecule has 1 N–H and O–H groups in total. The van der Waals surface area contributed by atoms with Crippen molar-refractivity contribution < 1.29 is 9.90 Å². The quantitative estimate of drug-likeness (QED) is 0.658. The first-order valence-corrected chi connectivity index (χ1v) is 3.84. The van der Waals surface area contributed by atoms with Gasteiger partial charge in [-0.1, -0.05) is 0 Å². The van der Waals surface area contributed by atoms with E-state index in [0.29, 0.717) is 5.56 Å². The molecular weight excluding hydrogens is 174 g/mol. The van der Waals surface area contributed by atoms with Crippen LogP contribution in [0.2, 0.25) is 0 Å². The van der Waals surface area contributed by atoms with Gasteiger partial charge in [0, 0.05) is 16.9 Å². The lowest BCUT2D eigenvalue weighted by Crippen LogP contribution is -1.89. The normalized spacial score (nSPS) is 7.92. The topological polar surface area (TPSA) is 61.1 Å². The van der Waals surface area contributed by atoms with E-state index in [4.69, 9.17) is 10.4 Å². The molecule has 58 valence electrons. The Morgan fingerprint density at radius 3 is 2.92 bits per heavy atom. The summed E-state index contributed by atoms with van der Waals surface area (Å²) in [4.78, 5) is 10.6. The van der Waals surface area contributed by atoms with Gasteiger partial charge < -0.3 is 5.11 Å². The lowest BCUT2D eigenvalue weighted by molar-refractivity contribution is 0.0702. The van der Waals surface area contributed by atoms with Crippen molar-refractivity contribution >= 4 is 17.3 Å². The summed E-state index contributed by atoms with van der Waals surface area (Å²) in [6.07, 6.45) is 0. The summed E-state index contributed by atoms with van der Waals surface area (Å²) >= 11 is 1.10. The smallest absolute Gasteiger partial charge is 0.345 e. The molecule has 0 saturated carbocycles. The van der Waals surface area contributed by atoms with Crippen LogP contribution in [0.4, 0.5) is 0 Å². The fourth-order valence-corrected chi connectivity index (χ4v) is 1.29. The average Bonchev–Trinajstić information content (AvgIpc) is 2.48. The van der Waals surface area contributed by atoms with Gasteiger partial charge in [0.2, 0.25) is 0 Å². The maximum absolute atomic E-state index is 10.4. The van der Waals surface area contributed by atoms with E-state index in [-0.39, 0.29) is 4.88 Å². The van der Waals surface area contributed by atoms with E-state index in [1.165, 1.54) is 6.07 Å². The van der Waals surface area contributed by atoms with Gasteiger partial charge in [-0.25, -0.2) is 4.79 Å². The summed E-state index contributed by atoms with van der Waals surface area (Å²) < 4.78 is 0. The van der Waals surface area contributed by atoms with Crippen LogP contribution in [0.1, 0.15) is 15.2 Å². The lowest BCUT2D eigenvalue weighted by Gasteiger charge is -1.79. The Labute approximate surface area is 72.9 Å². The Balaban J connectivity index is 2.94. The van der Waals surface area contributed by atoms with Gasteiger partial charge >= 0.3 is 5.97 Å². The molecule has 0 amide bonds. The largest absolute Gasteiger partial charge is 0.477 e. The van der Waals surface area contributed by atoms with Gasteiger partial charge in [-0.05, 0) is 12.0 Å². The van der Waals surface area contributed by atoms with Crippen LogP contribution in [-0.4, -0.2) is 11.1 Å². The molecule has 0 aliphatic carbocycles. The van der Waals surface area contributed by atoms with Crippen molar-refractivity contribution in [3.63, 3.8) is 0 Å². The second-order valence-corrected chi connectivity index (χ2v) is 2.78. The average molecular weight is 177 g/mol. The van der Waals surface area contributed by atoms with Crippen molar-refractivity contribution in [1.29, 1.82) is 5.26 Å². The first-order valence-electron chi connectivity index (χ1n) is 2.96. The van der Waals surface area contributed by atoms with Crippen molar-refractivity contribution in [1.82, 2.24) is 0 Å². The van der Waals surface area contributed by atoms with Crippen LogP contribution in [0.3, 0.4) is 0 Å². The summed E-state index contributed by atoms with van der Waals surface area (Å²) in [6.45, 7) is 0. The van der Waals surface area contributed by atoms with Crippen LogP contribution in [0.15, 0.2) is 11.4 Å². The van der Waals surface area contributed by atoms with Crippen LogP contribution in [0.5, 0.6) is 0 Å². The van der Waals surface area contributed by atoms with Crippen molar-refractivity contribution in [2.45, 2.75) is 0 Å². The predicted octanol–water partition coefficient (Wildman–Crippen LogP) is 1.32. The molecule has 0 aliphatic rings.